The van der Waals surface area contributed by atoms with Crippen LogP contribution in [0.15, 0.2) is 11.4 Å². The van der Waals surface area contributed by atoms with Gasteiger partial charge in [-0.3, -0.25) is 4.79 Å². The standard InChI is InChI=1S/C12H18N2O2S/c1-9(15)14-10-3-6-17-11(10)7-13-8-12(16)4-2-5-12/h3,6,13,16H,2,4-5,7-8H2,1H3,(H,14,15). The first-order valence-corrected chi connectivity index (χ1v) is 6.74. The summed E-state index contributed by atoms with van der Waals surface area (Å²) in [5.74, 6) is -0.0535. The number of carbonyl (C=O) groups is 1. The van der Waals surface area contributed by atoms with Crippen molar-refractivity contribution in [1.82, 2.24) is 5.32 Å². The third kappa shape index (κ3) is 3.28. The van der Waals surface area contributed by atoms with Gasteiger partial charge in [0.25, 0.3) is 0 Å². The van der Waals surface area contributed by atoms with Gasteiger partial charge >= 0.3 is 0 Å². The Morgan fingerprint density at radius 2 is 2.35 bits per heavy atom. The van der Waals surface area contributed by atoms with E-state index in [4.69, 9.17) is 0 Å². The number of rotatable bonds is 5. The van der Waals surface area contributed by atoms with Crippen LogP contribution in [0.2, 0.25) is 0 Å². The second kappa shape index (κ2) is 5.16. The van der Waals surface area contributed by atoms with E-state index >= 15 is 0 Å². The summed E-state index contributed by atoms with van der Waals surface area (Å²) in [7, 11) is 0. The van der Waals surface area contributed by atoms with Gasteiger partial charge < -0.3 is 15.7 Å². The molecule has 2 rings (SSSR count). The van der Waals surface area contributed by atoms with Crippen LogP contribution in [-0.4, -0.2) is 23.2 Å². The minimum absolute atomic E-state index is 0.0535. The van der Waals surface area contributed by atoms with Crippen molar-refractivity contribution in [1.29, 1.82) is 0 Å². The third-order valence-electron chi connectivity index (χ3n) is 3.08. The quantitative estimate of drug-likeness (QED) is 0.749. The van der Waals surface area contributed by atoms with E-state index in [1.807, 2.05) is 11.4 Å². The zero-order valence-electron chi connectivity index (χ0n) is 9.95. The SMILES string of the molecule is CC(=O)Nc1ccsc1CNCC1(O)CCC1. The van der Waals surface area contributed by atoms with Crippen molar-refractivity contribution in [3.63, 3.8) is 0 Å². The molecule has 0 radical (unpaired) electrons. The molecule has 0 aliphatic heterocycles. The van der Waals surface area contributed by atoms with E-state index in [1.165, 1.54) is 6.92 Å². The first-order valence-electron chi connectivity index (χ1n) is 5.86. The van der Waals surface area contributed by atoms with Crippen molar-refractivity contribution in [3.8, 4) is 0 Å². The highest BCUT2D eigenvalue weighted by atomic mass is 32.1. The summed E-state index contributed by atoms with van der Waals surface area (Å²) in [5.41, 5.74) is 0.376. The number of anilines is 1. The molecule has 1 fully saturated rings. The van der Waals surface area contributed by atoms with Gasteiger partial charge in [0.1, 0.15) is 0 Å². The van der Waals surface area contributed by atoms with E-state index in [2.05, 4.69) is 10.6 Å². The number of hydrogen-bond donors (Lipinski definition) is 3. The molecule has 4 nitrogen and oxygen atoms in total. The molecule has 1 saturated carbocycles. The van der Waals surface area contributed by atoms with Crippen LogP contribution in [0.5, 0.6) is 0 Å². The topological polar surface area (TPSA) is 61.4 Å². The molecule has 1 aliphatic carbocycles. The molecule has 1 aliphatic rings. The Balaban J connectivity index is 1.82. The Morgan fingerprint density at radius 3 is 2.94 bits per heavy atom. The molecule has 1 aromatic rings. The smallest absolute Gasteiger partial charge is 0.221 e. The van der Waals surface area contributed by atoms with Crippen LogP contribution in [0.25, 0.3) is 0 Å². The summed E-state index contributed by atoms with van der Waals surface area (Å²) >= 11 is 1.61. The van der Waals surface area contributed by atoms with E-state index in [-0.39, 0.29) is 5.91 Å². The highest BCUT2D eigenvalue weighted by Gasteiger charge is 2.33. The Kier molecular flexibility index (Phi) is 3.81. The molecule has 5 heteroatoms. The predicted octanol–water partition coefficient (Wildman–Crippen LogP) is 1.71. The number of aliphatic hydroxyl groups is 1. The summed E-state index contributed by atoms with van der Waals surface area (Å²) in [4.78, 5) is 12.1. The van der Waals surface area contributed by atoms with Crippen LogP contribution >= 0.6 is 11.3 Å². The van der Waals surface area contributed by atoms with Gasteiger partial charge in [0, 0.05) is 24.9 Å². The molecule has 3 N–H and O–H groups in total. The lowest BCUT2D eigenvalue weighted by Crippen LogP contribution is -2.45. The van der Waals surface area contributed by atoms with E-state index < -0.39 is 5.60 Å². The first-order chi connectivity index (χ1) is 8.09. The molecular weight excluding hydrogens is 236 g/mol. The molecule has 1 amide bonds. The molecule has 0 bridgehead atoms. The van der Waals surface area contributed by atoms with Crippen LogP contribution < -0.4 is 10.6 Å². The van der Waals surface area contributed by atoms with Crippen molar-refractivity contribution in [2.45, 2.75) is 38.3 Å². The Labute approximate surface area is 105 Å². The molecule has 0 unspecified atom stereocenters. The molecule has 0 spiro atoms. The minimum atomic E-state index is -0.495. The fourth-order valence-corrected chi connectivity index (χ4v) is 2.75. The first kappa shape index (κ1) is 12.5. The van der Waals surface area contributed by atoms with Crippen LogP contribution in [-0.2, 0) is 11.3 Å². The van der Waals surface area contributed by atoms with Gasteiger partial charge in [-0.2, -0.15) is 0 Å². The van der Waals surface area contributed by atoms with Gasteiger partial charge in [0.05, 0.1) is 11.3 Å². The fraction of sp³-hybridized carbons (Fsp3) is 0.583. The fourth-order valence-electron chi connectivity index (χ4n) is 1.95. The van der Waals surface area contributed by atoms with Gasteiger partial charge in [0.2, 0.25) is 5.91 Å². The molecule has 0 aromatic carbocycles. The normalized spacial score (nSPS) is 17.5. The number of carbonyl (C=O) groups excluding carboxylic acids is 1. The van der Waals surface area contributed by atoms with Gasteiger partial charge in [-0.25, -0.2) is 0 Å². The summed E-state index contributed by atoms with van der Waals surface area (Å²) in [6, 6.07) is 1.90. The van der Waals surface area contributed by atoms with Crippen LogP contribution in [0.3, 0.4) is 0 Å². The number of amides is 1. The third-order valence-corrected chi connectivity index (χ3v) is 4.00. The summed E-state index contributed by atoms with van der Waals surface area (Å²) in [6.07, 6.45) is 2.90. The molecular formula is C12H18N2O2S. The van der Waals surface area contributed by atoms with Gasteiger partial charge in [0.15, 0.2) is 0 Å². The second-order valence-corrected chi connectivity index (χ2v) is 5.62. The average molecular weight is 254 g/mol. The highest BCUT2D eigenvalue weighted by molar-refractivity contribution is 7.10. The van der Waals surface area contributed by atoms with Crippen molar-refractivity contribution in [2.24, 2.45) is 0 Å². The number of thiophene rings is 1. The van der Waals surface area contributed by atoms with Crippen LogP contribution in [0.1, 0.15) is 31.1 Å². The largest absolute Gasteiger partial charge is 0.389 e. The minimum Gasteiger partial charge on any atom is -0.389 e. The molecule has 0 atom stereocenters. The molecule has 1 heterocycles. The van der Waals surface area contributed by atoms with Crippen LogP contribution in [0.4, 0.5) is 5.69 Å². The highest BCUT2D eigenvalue weighted by Crippen LogP contribution is 2.31. The van der Waals surface area contributed by atoms with E-state index in [9.17, 15) is 9.90 Å². The lowest BCUT2D eigenvalue weighted by atomic mass is 9.80. The van der Waals surface area contributed by atoms with Crippen molar-refractivity contribution >= 4 is 22.9 Å². The maximum absolute atomic E-state index is 11.0. The lowest BCUT2D eigenvalue weighted by Gasteiger charge is -2.36. The zero-order valence-corrected chi connectivity index (χ0v) is 10.8. The summed E-state index contributed by atoms with van der Waals surface area (Å²) in [5, 5.41) is 17.9. The van der Waals surface area contributed by atoms with Crippen molar-refractivity contribution < 1.29 is 9.90 Å². The van der Waals surface area contributed by atoms with E-state index in [0.29, 0.717) is 13.1 Å². The Hall–Kier alpha value is -0.910. The van der Waals surface area contributed by atoms with Crippen LogP contribution in [0, 0.1) is 0 Å². The van der Waals surface area contributed by atoms with Gasteiger partial charge in [-0.15, -0.1) is 11.3 Å². The second-order valence-electron chi connectivity index (χ2n) is 4.62. The predicted molar refractivity (Wildman–Crippen MR) is 69.1 cm³/mol. The number of nitrogens with one attached hydrogen (secondary N) is 2. The van der Waals surface area contributed by atoms with Gasteiger partial charge in [-0.1, -0.05) is 0 Å². The molecule has 94 valence electrons. The molecule has 1 aromatic heterocycles. The number of hydrogen-bond acceptors (Lipinski definition) is 4. The summed E-state index contributed by atoms with van der Waals surface area (Å²) < 4.78 is 0. The Morgan fingerprint density at radius 1 is 1.59 bits per heavy atom. The molecule has 17 heavy (non-hydrogen) atoms. The monoisotopic (exact) mass is 254 g/mol. The average Bonchev–Trinajstić information content (AvgIpc) is 2.62. The van der Waals surface area contributed by atoms with Crippen molar-refractivity contribution in [3.05, 3.63) is 16.3 Å². The van der Waals surface area contributed by atoms with Crippen molar-refractivity contribution in [2.75, 3.05) is 11.9 Å². The Bertz CT molecular complexity index is 399. The maximum atomic E-state index is 11.0. The van der Waals surface area contributed by atoms with E-state index in [1.54, 1.807) is 11.3 Å². The lowest BCUT2D eigenvalue weighted by molar-refractivity contribution is -0.114. The summed E-state index contributed by atoms with van der Waals surface area (Å²) in [6.45, 7) is 2.83. The molecule has 0 saturated heterocycles. The van der Waals surface area contributed by atoms with E-state index in [0.717, 1.165) is 29.8 Å². The maximum Gasteiger partial charge on any atom is 0.221 e. The zero-order chi connectivity index (χ0) is 12.3. The van der Waals surface area contributed by atoms with Gasteiger partial charge in [-0.05, 0) is 30.7 Å².